The molecule has 0 aliphatic carbocycles. The van der Waals surface area contributed by atoms with Crippen LogP contribution in [0.25, 0.3) is 11.3 Å². The maximum absolute atomic E-state index is 11.6. The molecule has 4 rings (SSSR count). The van der Waals surface area contributed by atoms with Gasteiger partial charge in [-0.05, 0) is 29.8 Å². The molecule has 1 aliphatic rings. The first kappa shape index (κ1) is 23.5. The predicted octanol–water partition coefficient (Wildman–Crippen LogP) is 3.12. The SMILES string of the molecule is CNC(=O)NCCn1c(-c2ccc(N3CCOCC3)cc2)csc1=Nc1ccc([N+](=O)[O-])cc1. The van der Waals surface area contributed by atoms with Crippen molar-refractivity contribution in [2.75, 3.05) is 44.8 Å². The maximum atomic E-state index is 11.6. The highest BCUT2D eigenvalue weighted by molar-refractivity contribution is 7.07. The number of nitro benzene ring substituents is 1. The number of anilines is 1. The number of nitrogens with zero attached hydrogens (tertiary/aromatic N) is 4. The summed E-state index contributed by atoms with van der Waals surface area (Å²) >= 11 is 1.48. The van der Waals surface area contributed by atoms with Gasteiger partial charge in [0.1, 0.15) is 0 Å². The van der Waals surface area contributed by atoms with Crippen molar-refractivity contribution in [3.8, 4) is 11.3 Å². The molecule has 0 spiro atoms. The Morgan fingerprint density at radius 1 is 1.15 bits per heavy atom. The third-order valence-corrected chi connectivity index (χ3v) is 6.33. The van der Waals surface area contributed by atoms with Crippen molar-refractivity contribution in [1.82, 2.24) is 15.2 Å². The highest BCUT2D eigenvalue weighted by atomic mass is 32.1. The van der Waals surface area contributed by atoms with E-state index in [1.165, 1.54) is 23.5 Å². The second-order valence-electron chi connectivity index (χ2n) is 7.59. The van der Waals surface area contributed by atoms with Gasteiger partial charge in [0.25, 0.3) is 5.69 Å². The van der Waals surface area contributed by atoms with Gasteiger partial charge in [-0.2, -0.15) is 0 Å². The Hall–Kier alpha value is -3.70. The van der Waals surface area contributed by atoms with Crippen molar-refractivity contribution in [1.29, 1.82) is 0 Å². The minimum absolute atomic E-state index is 0.0221. The number of hydrogen-bond donors (Lipinski definition) is 2. The lowest BCUT2D eigenvalue weighted by Gasteiger charge is -2.28. The molecular weight excluding hydrogens is 456 g/mol. The smallest absolute Gasteiger partial charge is 0.314 e. The average molecular weight is 483 g/mol. The Bertz CT molecular complexity index is 1200. The lowest BCUT2D eigenvalue weighted by atomic mass is 10.1. The predicted molar refractivity (Wildman–Crippen MR) is 132 cm³/mol. The number of ether oxygens (including phenoxy) is 1. The molecule has 34 heavy (non-hydrogen) atoms. The van der Waals surface area contributed by atoms with Crippen LogP contribution < -0.4 is 20.3 Å². The minimum atomic E-state index is -0.432. The van der Waals surface area contributed by atoms with Gasteiger partial charge in [-0.3, -0.25) is 10.1 Å². The third kappa shape index (κ3) is 5.61. The van der Waals surface area contributed by atoms with E-state index in [9.17, 15) is 14.9 Å². The van der Waals surface area contributed by atoms with Crippen molar-refractivity contribution in [2.24, 2.45) is 4.99 Å². The molecule has 1 aliphatic heterocycles. The average Bonchev–Trinajstić information content (AvgIpc) is 3.27. The van der Waals surface area contributed by atoms with Crippen LogP contribution in [0.15, 0.2) is 58.9 Å². The first-order valence-corrected chi connectivity index (χ1v) is 11.8. The van der Waals surface area contributed by atoms with E-state index in [1.807, 2.05) is 9.95 Å². The summed E-state index contributed by atoms with van der Waals surface area (Å²) in [5.41, 5.74) is 3.82. The number of thiazole rings is 1. The molecule has 2 aromatic carbocycles. The molecule has 0 bridgehead atoms. The fourth-order valence-electron chi connectivity index (χ4n) is 3.66. The summed E-state index contributed by atoms with van der Waals surface area (Å²) in [5.74, 6) is 0. The first-order valence-electron chi connectivity index (χ1n) is 10.9. The summed E-state index contributed by atoms with van der Waals surface area (Å²) in [6.45, 7) is 4.16. The van der Waals surface area contributed by atoms with E-state index in [4.69, 9.17) is 9.73 Å². The Balaban J connectivity index is 1.64. The van der Waals surface area contributed by atoms with Crippen LogP contribution >= 0.6 is 11.3 Å². The molecule has 0 unspecified atom stereocenters. The van der Waals surface area contributed by atoms with Gasteiger partial charge in [-0.15, -0.1) is 11.3 Å². The monoisotopic (exact) mass is 482 g/mol. The van der Waals surface area contributed by atoms with Gasteiger partial charge in [-0.1, -0.05) is 12.1 Å². The van der Waals surface area contributed by atoms with Gasteiger partial charge >= 0.3 is 6.03 Å². The van der Waals surface area contributed by atoms with Gasteiger partial charge in [0.2, 0.25) is 0 Å². The molecular formula is C23H26N6O4S. The van der Waals surface area contributed by atoms with Crippen LogP contribution in [-0.2, 0) is 11.3 Å². The summed E-state index contributed by atoms with van der Waals surface area (Å²) < 4.78 is 7.49. The minimum Gasteiger partial charge on any atom is -0.378 e. The topological polar surface area (TPSA) is 114 Å². The zero-order valence-corrected chi connectivity index (χ0v) is 19.6. The highest BCUT2D eigenvalue weighted by Crippen LogP contribution is 2.25. The normalized spacial score (nSPS) is 14.1. The summed E-state index contributed by atoms with van der Waals surface area (Å²) in [5, 5.41) is 18.3. The lowest BCUT2D eigenvalue weighted by molar-refractivity contribution is -0.384. The molecule has 2 heterocycles. The van der Waals surface area contributed by atoms with Crippen LogP contribution in [0.4, 0.5) is 21.9 Å². The van der Waals surface area contributed by atoms with E-state index in [-0.39, 0.29) is 11.7 Å². The second-order valence-corrected chi connectivity index (χ2v) is 8.43. The first-order chi connectivity index (χ1) is 16.5. The maximum Gasteiger partial charge on any atom is 0.314 e. The number of rotatable bonds is 7. The van der Waals surface area contributed by atoms with Gasteiger partial charge in [0.15, 0.2) is 4.80 Å². The molecule has 178 valence electrons. The van der Waals surface area contributed by atoms with Gasteiger partial charge in [0.05, 0.1) is 29.5 Å². The standard InChI is InChI=1S/C23H26N6O4S/c1-24-22(30)25-10-11-28-21(17-2-6-19(7-3-17)27-12-14-33-15-13-27)16-34-23(28)26-18-4-8-20(9-5-18)29(31)32/h2-9,16H,10-15H2,1H3,(H2,24,25,30). The third-order valence-electron chi connectivity index (χ3n) is 5.47. The Kier molecular flexibility index (Phi) is 7.55. The summed E-state index contributed by atoms with van der Waals surface area (Å²) in [6.07, 6.45) is 0. The number of nitro groups is 1. The molecule has 0 radical (unpaired) electrons. The summed E-state index contributed by atoms with van der Waals surface area (Å²) in [6, 6.07) is 14.3. The van der Waals surface area contributed by atoms with Crippen LogP contribution in [-0.4, -0.2) is 55.4 Å². The van der Waals surface area contributed by atoms with Crippen LogP contribution in [0.1, 0.15) is 0 Å². The fourth-order valence-corrected chi connectivity index (χ4v) is 4.61. The Labute approximate surface area is 200 Å². The van der Waals surface area contributed by atoms with Gasteiger partial charge in [-0.25, -0.2) is 9.79 Å². The van der Waals surface area contributed by atoms with E-state index in [1.54, 1.807) is 19.2 Å². The number of carbonyl (C=O) groups excluding carboxylic acids is 1. The highest BCUT2D eigenvalue weighted by Gasteiger charge is 2.13. The Morgan fingerprint density at radius 2 is 1.85 bits per heavy atom. The van der Waals surface area contributed by atoms with E-state index >= 15 is 0 Å². The molecule has 3 aromatic rings. The van der Waals surface area contributed by atoms with E-state index in [0.717, 1.165) is 48.0 Å². The molecule has 11 heteroatoms. The number of morpholine rings is 1. The van der Waals surface area contributed by atoms with E-state index in [0.29, 0.717) is 18.8 Å². The van der Waals surface area contributed by atoms with E-state index < -0.39 is 4.92 Å². The molecule has 2 amide bonds. The van der Waals surface area contributed by atoms with Crippen LogP contribution in [0.5, 0.6) is 0 Å². The Morgan fingerprint density at radius 3 is 2.50 bits per heavy atom. The van der Waals surface area contributed by atoms with Crippen molar-refractivity contribution in [2.45, 2.75) is 6.54 Å². The van der Waals surface area contributed by atoms with Crippen molar-refractivity contribution >= 4 is 34.4 Å². The summed E-state index contributed by atoms with van der Waals surface area (Å²) in [7, 11) is 1.57. The number of non-ortho nitro benzene ring substituents is 1. The molecule has 0 saturated carbocycles. The number of nitrogens with one attached hydrogen (secondary N) is 2. The number of hydrogen-bond acceptors (Lipinski definition) is 7. The molecule has 1 fully saturated rings. The number of benzene rings is 2. The van der Waals surface area contributed by atoms with Gasteiger partial charge < -0.3 is 24.8 Å². The van der Waals surface area contributed by atoms with Crippen LogP contribution in [0.3, 0.4) is 0 Å². The zero-order valence-electron chi connectivity index (χ0n) is 18.8. The van der Waals surface area contributed by atoms with Crippen LogP contribution in [0, 0.1) is 10.1 Å². The van der Waals surface area contributed by atoms with E-state index in [2.05, 4.69) is 39.8 Å². The van der Waals surface area contributed by atoms with Crippen molar-refractivity contribution < 1.29 is 14.5 Å². The quantitative estimate of drug-likeness (QED) is 0.397. The number of amides is 2. The van der Waals surface area contributed by atoms with Gasteiger partial charge in [0, 0.05) is 56.4 Å². The fraction of sp³-hybridized carbons (Fsp3) is 0.304. The largest absolute Gasteiger partial charge is 0.378 e. The second kappa shape index (κ2) is 10.9. The molecule has 2 N–H and O–H groups in total. The molecule has 0 atom stereocenters. The van der Waals surface area contributed by atoms with Crippen molar-refractivity contribution in [3.63, 3.8) is 0 Å². The number of aromatic nitrogens is 1. The van der Waals surface area contributed by atoms with Crippen molar-refractivity contribution in [3.05, 3.63) is 68.8 Å². The van der Waals surface area contributed by atoms with Crippen LogP contribution in [0.2, 0.25) is 0 Å². The molecule has 1 saturated heterocycles. The number of urea groups is 1. The molecule has 10 nitrogen and oxygen atoms in total. The number of carbonyl (C=O) groups is 1. The molecule has 1 aromatic heterocycles. The lowest BCUT2D eigenvalue weighted by Crippen LogP contribution is -2.36. The summed E-state index contributed by atoms with van der Waals surface area (Å²) in [4.78, 5) is 29.9. The zero-order chi connectivity index (χ0) is 23.9.